The van der Waals surface area contributed by atoms with E-state index in [9.17, 15) is 5.11 Å². The SMILES string of the molecule is CCN(C(C)C)C(C)CC(C)(CO)NC1CC1. The molecule has 0 aromatic heterocycles. The molecule has 0 radical (unpaired) electrons. The van der Waals surface area contributed by atoms with Crippen molar-refractivity contribution >= 4 is 0 Å². The summed E-state index contributed by atoms with van der Waals surface area (Å²) in [4.78, 5) is 2.49. The second kappa shape index (κ2) is 6.17. The molecule has 1 aliphatic rings. The predicted molar refractivity (Wildman–Crippen MR) is 73.2 cm³/mol. The first-order valence-corrected chi connectivity index (χ1v) is 7.06. The molecule has 1 rings (SSSR count). The highest BCUT2D eigenvalue weighted by molar-refractivity contribution is 4.94. The minimum absolute atomic E-state index is 0.122. The first-order chi connectivity index (χ1) is 7.91. The van der Waals surface area contributed by atoms with Crippen LogP contribution in [0.2, 0.25) is 0 Å². The third-order valence-corrected chi connectivity index (χ3v) is 3.82. The first-order valence-electron chi connectivity index (χ1n) is 7.06. The van der Waals surface area contributed by atoms with Gasteiger partial charge in [0, 0.05) is 23.7 Å². The van der Waals surface area contributed by atoms with E-state index in [1.807, 2.05) is 0 Å². The molecule has 0 heterocycles. The smallest absolute Gasteiger partial charge is 0.0611 e. The molecule has 3 heteroatoms. The van der Waals surface area contributed by atoms with Gasteiger partial charge >= 0.3 is 0 Å². The van der Waals surface area contributed by atoms with Crippen molar-refractivity contribution in [3.8, 4) is 0 Å². The summed E-state index contributed by atoms with van der Waals surface area (Å²) in [5, 5.41) is 13.2. The summed E-state index contributed by atoms with van der Waals surface area (Å²) in [5.74, 6) is 0. The van der Waals surface area contributed by atoms with E-state index in [2.05, 4.69) is 44.8 Å². The van der Waals surface area contributed by atoms with Crippen LogP contribution in [0.15, 0.2) is 0 Å². The average molecular weight is 242 g/mol. The van der Waals surface area contributed by atoms with Gasteiger partial charge in [0.1, 0.15) is 0 Å². The van der Waals surface area contributed by atoms with E-state index in [-0.39, 0.29) is 12.1 Å². The zero-order valence-electron chi connectivity index (χ0n) is 12.2. The van der Waals surface area contributed by atoms with Gasteiger partial charge in [-0.15, -0.1) is 0 Å². The molecule has 1 fully saturated rings. The Hall–Kier alpha value is -0.120. The molecular formula is C14H30N2O. The number of nitrogens with one attached hydrogen (secondary N) is 1. The maximum Gasteiger partial charge on any atom is 0.0611 e. The highest BCUT2D eigenvalue weighted by Crippen LogP contribution is 2.25. The molecule has 0 aromatic rings. The Kier molecular flexibility index (Phi) is 5.42. The van der Waals surface area contributed by atoms with Gasteiger partial charge in [-0.3, -0.25) is 4.90 Å². The molecule has 1 aliphatic carbocycles. The molecule has 0 aliphatic heterocycles. The second-order valence-corrected chi connectivity index (χ2v) is 6.11. The Morgan fingerprint density at radius 1 is 1.35 bits per heavy atom. The number of nitrogens with zero attached hydrogens (tertiary/aromatic N) is 1. The van der Waals surface area contributed by atoms with Crippen LogP contribution < -0.4 is 5.32 Å². The monoisotopic (exact) mass is 242 g/mol. The fourth-order valence-corrected chi connectivity index (χ4v) is 2.84. The largest absolute Gasteiger partial charge is 0.394 e. The Labute approximate surface area is 107 Å². The van der Waals surface area contributed by atoms with Crippen molar-refractivity contribution in [2.24, 2.45) is 0 Å². The van der Waals surface area contributed by atoms with Crippen molar-refractivity contribution < 1.29 is 5.11 Å². The average Bonchev–Trinajstić information content (AvgIpc) is 3.01. The van der Waals surface area contributed by atoms with Crippen LogP contribution in [0, 0.1) is 0 Å². The van der Waals surface area contributed by atoms with Crippen LogP contribution in [-0.4, -0.2) is 46.8 Å². The fourth-order valence-electron chi connectivity index (χ4n) is 2.84. The van der Waals surface area contributed by atoms with Crippen molar-refractivity contribution in [2.75, 3.05) is 13.2 Å². The van der Waals surface area contributed by atoms with E-state index < -0.39 is 0 Å². The minimum Gasteiger partial charge on any atom is -0.394 e. The van der Waals surface area contributed by atoms with Crippen LogP contribution in [0.1, 0.15) is 53.9 Å². The topological polar surface area (TPSA) is 35.5 Å². The number of aliphatic hydroxyl groups excluding tert-OH is 1. The molecule has 1 saturated carbocycles. The quantitative estimate of drug-likeness (QED) is 0.683. The van der Waals surface area contributed by atoms with Gasteiger partial charge in [-0.2, -0.15) is 0 Å². The van der Waals surface area contributed by atoms with Gasteiger partial charge in [-0.25, -0.2) is 0 Å². The molecule has 3 nitrogen and oxygen atoms in total. The van der Waals surface area contributed by atoms with E-state index >= 15 is 0 Å². The van der Waals surface area contributed by atoms with Crippen LogP contribution in [0.5, 0.6) is 0 Å². The van der Waals surface area contributed by atoms with E-state index in [0.717, 1.165) is 13.0 Å². The van der Waals surface area contributed by atoms with Crippen molar-refractivity contribution in [1.29, 1.82) is 0 Å². The highest BCUT2D eigenvalue weighted by atomic mass is 16.3. The Morgan fingerprint density at radius 3 is 2.29 bits per heavy atom. The molecule has 0 spiro atoms. The minimum atomic E-state index is -0.122. The summed E-state index contributed by atoms with van der Waals surface area (Å²) in [7, 11) is 0. The standard InChI is InChI=1S/C14H30N2O/c1-6-16(11(2)3)12(4)9-14(5,10-17)15-13-7-8-13/h11-13,15,17H,6-10H2,1-5H3. The third kappa shape index (κ3) is 4.57. The van der Waals surface area contributed by atoms with Crippen molar-refractivity contribution in [3.05, 3.63) is 0 Å². The molecule has 102 valence electrons. The van der Waals surface area contributed by atoms with Crippen LogP contribution in [0.3, 0.4) is 0 Å². The molecule has 2 N–H and O–H groups in total. The van der Waals surface area contributed by atoms with E-state index in [4.69, 9.17) is 0 Å². The van der Waals surface area contributed by atoms with Crippen molar-refractivity contribution in [3.63, 3.8) is 0 Å². The number of rotatable bonds is 8. The lowest BCUT2D eigenvalue weighted by atomic mass is 9.93. The summed E-state index contributed by atoms with van der Waals surface area (Å²) < 4.78 is 0. The second-order valence-electron chi connectivity index (χ2n) is 6.11. The van der Waals surface area contributed by atoms with Crippen LogP contribution in [0.25, 0.3) is 0 Å². The fraction of sp³-hybridized carbons (Fsp3) is 1.00. The Balaban J connectivity index is 2.52. The normalized spacial score (nSPS) is 21.9. The third-order valence-electron chi connectivity index (χ3n) is 3.82. The van der Waals surface area contributed by atoms with Crippen molar-refractivity contribution in [2.45, 2.75) is 77.5 Å². The highest BCUT2D eigenvalue weighted by Gasteiger charge is 2.34. The lowest BCUT2D eigenvalue weighted by molar-refractivity contribution is 0.0995. The maximum atomic E-state index is 9.62. The molecule has 0 aromatic carbocycles. The van der Waals surface area contributed by atoms with Crippen LogP contribution in [-0.2, 0) is 0 Å². The lowest BCUT2D eigenvalue weighted by Gasteiger charge is -2.38. The summed E-state index contributed by atoms with van der Waals surface area (Å²) in [6.07, 6.45) is 3.54. The zero-order valence-corrected chi connectivity index (χ0v) is 12.2. The molecule has 0 bridgehead atoms. The van der Waals surface area contributed by atoms with Crippen LogP contribution in [0.4, 0.5) is 0 Å². The maximum absolute atomic E-state index is 9.62. The van der Waals surface area contributed by atoms with E-state index in [1.165, 1.54) is 12.8 Å². The van der Waals surface area contributed by atoms with Gasteiger partial charge in [0.25, 0.3) is 0 Å². The Morgan fingerprint density at radius 2 is 1.94 bits per heavy atom. The molecule has 0 amide bonds. The number of hydrogen-bond donors (Lipinski definition) is 2. The molecular weight excluding hydrogens is 212 g/mol. The summed E-state index contributed by atoms with van der Waals surface area (Å²) in [6, 6.07) is 1.72. The van der Waals surface area contributed by atoms with Crippen molar-refractivity contribution in [1.82, 2.24) is 10.2 Å². The molecule has 2 unspecified atom stereocenters. The van der Waals surface area contributed by atoms with Gasteiger partial charge in [0.2, 0.25) is 0 Å². The number of hydrogen-bond acceptors (Lipinski definition) is 3. The molecule has 17 heavy (non-hydrogen) atoms. The van der Waals surface area contributed by atoms with E-state index in [1.54, 1.807) is 0 Å². The Bertz CT molecular complexity index is 228. The van der Waals surface area contributed by atoms with E-state index in [0.29, 0.717) is 18.1 Å². The summed E-state index contributed by atoms with van der Waals surface area (Å²) in [5.41, 5.74) is -0.122. The first kappa shape index (κ1) is 14.9. The number of aliphatic hydroxyl groups is 1. The zero-order chi connectivity index (χ0) is 13.1. The molecule has 0 saturated heterocycles. The van der Waals surface area contributed by atoms with Crippen LogP contribution >= 0.6 is 0 Å². The van der Waals surface area contributed by atoms with Gasteiger partial charge in [-0.05, 0) is 53.5 Å². The predicted octanol–water partition coefficient (Wildman–Crippen LogP) is 2.00. The molecule has 2 atom stereocenters. The summed E-state index contributed by atoms with van der Waals surface area (Å²) >= 11 is 0. The van der Waals surface area contributed by atoms with Gasteiger partial charge in [0.05, 0.1) is 6.61 Å². The van der Waals surface area contributed by atoms with Gasteiger partial charge < -0.3 is 10.4 Å². The van der Waals surface area contributed by atoms with Gasteiger partial charge in [0.15, 0.2) is 0 Å². The van der Waals surface area contributed by atoms with Gasteiger partial charge in [-0.1, -0.05) is 6.92 Å². The lowest BCUT2D eigenvalue weighted by Crippen LogP contribution is -2.52. The summed E-state index contributed by atoms with van der Waals surface area (Å²) in [6.45, 7) is 12.4.